The maximum absolute atomic E-state index is 9.51. The van der Waals surface area contributed by atoms with E-state index < -0.39 is 0 Å². The average molecular weight is 256 g/mol. The second-order valence-corrected chi connectivity index (χ2v) is 5.04. The van der Waals surface area contributed by atoms with E-state index in [1.165, 1.54) is 0 Å². The highest BCUT2D eigenvalue weighted by Crippen LogP contribution is 2.28. The summed E-state index contributed by atoms with van der Waals surface area (Å²) in [6.45, 7) is 7.23. The van der Waals surface area contributed by atoms with Crippen molar-refractivity contribution in [3.63, 3.8) is 0 Å². The van der Waals surface area contributed by atoms with Gasteiger partial charge in [0.25, 0.3) is 0 Å². The van der Waals surface area contributed by atoms with Crippen molar-refractivity contribution in [3.05, 3.63) is 28.8 Å². The molecule has 0 bridgehead atoms. The number of nitrogens with one attached hydrogen (secondary N) is 1. The van der Waals surface area contributed by atoms with Gasteiger partial charge in [0.1, 0.15) is 0 Å². The summed E-state index contributed by atoms with van der Waals surface area (Å²) in [4.78, 5) is 0. The number of hydrogen-bond donors (Lipinski definition) is 2. The van der Waals surface area contributed by atoms with Crippen LogP contribution in [0.1, 0.15) is 32.3 Å². The molecule has 17 heavy (non-hydrogen) atoms. The second-order valence-electron chi connectivity index (χ2n) is 4.63. The molecule has 0 heterocycles. The molecule has 1 rings (SSSR count). The summed E-state index contributed by atoms with van der Waals surface area (Å²) < 4.78 is 0. The highest BCUT2D eigenvalue weighted by Gasteiger charge is 2.25. The van der Waals surface area contributed by atoms with E-state index in [-0.39, 0.29) is 12.0 Å². The zero-order chi connectivity index (χ0) is 12.9. The molecule has 0 saturated carbocycles. The summed E-state index contributed by atoms with van der Waals surface area (Å²) in [5.41, 5.74) is 2.08. The molecule has 0 fully saturated rings. The van der Waals surface area contributed by atoms with Crippen molar-refractivity contribution in [1.82, 2.24) is 0 Å². The fraction of sp³-hybridized carbons (Fsp3) is 0.571. The summed E-state index contributed by atoms with van der Waals surface area (Å²) >= 11 is 6.08. The molecular formula is C14H22ClNO. The molecule has 1 aromatic rings. The van der Waals surface area contributed by atoms with Crippen molar-refractivity contribution in [3.8, 4) is 0 Å². The fourth-order valence-corrected chi connectivity index (χ4v) is 2.04. The van der Waals surface area contributed by atoms with Crippen LogP contribution in [0.15, 0.2) is 18.2 Å². The van der Waals surface area contributed by atoms with Gasteiger partial charge >= 0.3 is 0 Å². The molecule has 0 aliphatic carbocycles. The Bertz CT molecular complexity index is 353. The van der Waals surface area contributed by atoms with Crippen molar-refractivity contribution in [2.24, 2.45) is 5.41 Å². The van der Waals surface area contributed by atoms with Gasteiger partial charge in [-0.3, -0.25) is 0 Å². The summed E-state index contributed by atoms with van der Waals surface area (Å²) in [6.07, 6.45) is 1.93. The number of halogens is 1. The number of anilines is 1. The SMILES string of the molecule is CCC(CC)(CO)CNc1cccc(Cl)c1C. The summed E-state index contributed by atoms with van der Waals surface area (Å²) in [5, 5.41) is 13.7. The zero-order valence-electron chi connectivity index (χ0n) is 10.9. The third-order valence-corrected chi connectivity index (χ3v) is 4.17. The van der Waals surface area contributed by atoms with E-state index in [0.29, 0.717) is 0 Å². The monoisotopic (exact) mass is 255 g/mol. The van der Waals surface area contributed by atoms with Crippen LogP contribution in [0.4, 0.5) is 5.69 Å². The van der Waals surface area contributed by atoms with Crippen LogP contribution < -0.4 is 5.32 Å². The molecule has 0 radical (unpaired) electrons. The van der Waals surface area contributed by atoms with Crippen LogP contribution in [0, 0.1) is 12.3 Å². The molecule has 0 aromatic heterocycles. The van der Waals surface area contributed by atoms with Crippen LogP contribution >= 0.6 is 11.6 Å². The lowest BCUT2D eigenvalue weighted by atomic mass is 9.83. The first-order valence-corrected chi connectivity index (χ1v) is 6.56. The Kier molecular flexibility index (Phi) is 5.29. The van der Waals surface area contributed by atoms with Gasteiger partial charge in [-0.1, -0.05) is 31.5 Å². The van der Waals surface area contributed by atoms with E-state index in [2.05, 4.69) is 19.2 Å². The first-order valence-electron chi connectivity index (χ1n) is 6.18. The van der Waals surface area contributed by atoms with Gasteiger partial charge in [-0.25, -0.2) is 0 Å². The fourth-order valence-electron chi connectivity index (χ4n) is 1.86. The minimum Gasteiger partial charge on any atom is -0.396 e. The van der Waals surface area contributed by atoms with Crippen molar-refractivity contribution in [1.29, 1.82) is 0 Å². The predicted molar refractivity (Wildman–Crippen MR) is 74.8 cm³/mol. The Morgan fingerprint density at radius 2 is 1.94 bits per heavy atom. The smallest absolute Gasteiger partial charge is 0.0504 e. The van der Waals surface area contributed by atoms with Crippen LogP contribution in [-0.2, 0) is 0 Å². The normalized spacial score (nSPS) is 11.6. The van der Waals surface area contributed by atoms with Crippen LogP contribution in [0.25, 0.3) is 0 Å². The highest BCUT2D eigenvalue weighted by atomic mass is 35.5. The van der Waals surface area contributed by atoms with E-state index in [9.17, 15) is 5.11 Å². The van der Waals surface area contributed by atoms with Crippen LogP contribution in [0.3, 0.4) is 0 Å². The molecular weight excluding hydrogens is 234 g/mol. The molecule has 2 nitrogen and oxygen atoms in total. The molecule has 0 aliphatic rings. The minimum atomic E-state index is -0.0330. The molecule has 0 amide bonds. The first-order chi connectivity index (χ1) is 8.08. The minimum absolute atomic E-state index is 0.0330. The van der Waals surface area contributed by atoms with Crippen molar-refractivity contribution < 1.29 is 5.11 Å². The Morgan fingerprint density at radius 1 is 1.29 bits per heavy atom. The lowest BCUT2D eigenvalue weighted by Gasteiger charge is -2.30. The molecule has 3 heteroatoms. The van der Waals surface area contributed by atoms with Crippen LogP contribution in [0.5, 0.6) is 0 Å². The van der Waals surface area contributed by atoms with E-state index in [1.54, 1.807) is 0 Å². The first kappa shape index (κ1) is 14.3. The van der Waals surface area contributed by atoms with Gasteiger partial charge in [0.05, 0.1) is 6.61 Å². The number of benzene rings is 1. The number of hydrogen-bond acceptors (Lipinski definition) is 2. The standard InChI is InChI=1S/C14H22ClNO/c1-4-14(5-2,10-17)9-16-13-8-6-7-12(15)11(13)3/h6-8,16-17H,4-5,9-10H2,1-3H3. The van der Waals surface area contributed by atoms with E-state index in [0.717, 1.165) is 35.7 Å². The third kappa shape index (κ3) is 3.36. The summed E-state index contributed by atoms with van der Waals surface area (Å²) in [7, 11) is 0. The van der Waals surface area contributed by atoms with Crippen molar-refractivity contribution in [2.75, 3.05) is 18.5 Å². The van der Waals surface area contributed by atoms with Gasteiger partial charge in [0.2, 0.25) is 0 Å². The molecule has 0 atom stereocenters. The van der Waals surface area contributed by atoms with Crippen LogP contribution in [0.2, 0.25) is 5.02 Å². The van der Waals surface area contributed by atoms with Gasteiger partial charge in [-0.05, 0) is 37.5 Å². The van der Waals surface area contributed by atoms with Gasteiger partial charge < -0.3 is 10.4 Å². The number of aliphatic hydroxyl groups excluding tert-OH is 1. The van der Waals surface area contributed by atoms with Gasteiger partial charge in [-0.15, -0.1) is 0 Å². The molecule has 2 N–H and O–H groups in total. The Morgan fingerprint density at radius 3 is 2.47 bits per heavy atom. The molecule has 0 aliphatic heterocycles. The largest absolute Gasteiger partial charge is 0.396 e. The van der Waals surface area contributed by atoms with E-state index in [1.807, 2.05) is 25.1 Å². The molecule has 1 aromatic carbocycles. The Hall–Kier alpha value is -0.730. The van der Waals surface area contributed by atoms with E-state index >= 15 is 0 Å². The summed E-state index contributed by atoms with van der Waals surface area (Å²) in [5.74, 6) is 0. The van der Waals surface area contributed by atoms with E-state index in [4.69, 9.17) is 11.6 Å². The quantitative estimate of drug-likeness (QED) is 0.809. The Balaban J connectivity index is 2.75. The molecule has 0 saturated heterocycles. The van der Waals surface area contributed by atoms with Crippen molar-refractivity contribution >= 4 is 17.3 Å². The lowest BCUT2D eigenvalue weighted by Crippen LogP contribution is -2.32. The summed E-state index contributed by atoms with van der Waals surface area (Å²) in [6, 6.07) is 5.85. The van der Waals surface area contributed by atoms with Crippen LogP contribution in [-0.4, -0.2) is 18.3 Å². The highest BCUT2D eigenvalue weighted by molar-refractivity contribution is 6.31. The predicted octanol–water partition coefficient (Wildman–Crippen LogP) is 3.86. The van der Waals surface area contributed by atoms with Gasteiger partial charge in [0, 0.05) is 22.7 Å². The third-order valence-electron chi connectivity index (χ3n) is 3.76. The second kappa shape index (κ2) is 6.27. The average Bonchev–Trinajstić information content (AvgIpc) is 2.36. The lowest BCUT2D eigenvalue weighted by molar-refractivity contribution is 0.127. The van der Waals surface area contributed by atoms with Gasteiger partial charge in [-0.2, -0.15) is 0 Å². The number of aliphatic hydroxyl groups is 1. The maximum atomic E-state index is 9.51. The van der Waals surface area contributed by atoms with Gasteiger partial charge in [0.15, 0.2) is 0 Å². The topological polar surface area (TPSA) is 32.3 Å². The Labute approximate surface area is 109 Å². The van der Waals surface area contributed by atoms with Crippen molar-refractivity contribution in [2.45, 2.75) is 33.6 Å². The molecule has 0 spiro atoms. The zero-order valence-corrected chi connectivity index (χ0v) is 11.6. The number of rotatable bonds is 6. The molecule has 96 valence electrons. The molecule has 0 unspecified atom stereocenters. The maximum Gasteiger partial charge on any atom is 0.0504 e.